The smallest absolute Gasteiger partial charge is 0.143 e. The lowest BCUT2D eigenvalue weighted by Gasteiger charge is -2.36. The normalized spacial score (nSPS) is 20.9. The molecule has 0 saturated heterocycles. The van der Waals surface area contributed by atoms with Gasteiger partial charge in [0, 0.05) is 6.20 Å². The number of ether oxygens (including phenoxy) is 1. The van der Waals surface area contributed by atoms with Crippen LogP contribution < -0.4 is 4.74 Å². The van der Waals surface area contributed by atoms with Crippen LogP contribution in [-0.2, 0) is 0 Å². The van der Waals surface area contributed by atoms with E-state index in [1.54, 1.807) is 18.3 Å². The molecule has 1 aliphatic carbocycles. The highest BCUT2D eigenvalue weighted by Gasteiger charge is 2.39. The fourth-order valence-electron chi connectivity index (χ4n) is 2.47. The molecule has 1 aromatic rings. The van der Waals surface area contributed by atoms with Crippen LogP contribution in [0.15, 0.2) is 18.3 Å². The van der Waals surface area contributed by atoms with E-state index in [9.17, 15) is 10.2 Å². The quantitative estimate of drug-likeness (QED) is 0.841. The number of aliphatic hydroxyl groups is 2. The zero-order valence-corrected chi connectivity index (χ0v) is 10.1. The summed E-state index contributed by atoms with van der Waals surface area (Å²) in [6, 6.07) is 3.50. The molecule has 1 saturated carbocycles. The molecule has 0 bridgehead atoms. The van der Waals surface area contributed by atoms with Gasteiger partial charge in [0.15, 0.2) is 0 Å². The first-order chi connectivity index (χ1) is 8.17. The SMILES string of the molecule is COc1cccnc1C(O)C1(O)CCCCC1. The summed E-state index contributed by atoms with van der Waals surface area (Å²) >= 11 is 0. The molecule has 4 heteroatoms. The Morgan fingerprint density at radius 2 is 2.06 bits per heavy atom. The second-order valence-corrected chi connectivity index (χ2v) is 4.66. The second kappa shape index (κ2) is 5.02. The maximum Gasteiger partial charge on any atom is 0.143 e. The molecule has 1 atom stereocenters. The minimum absolute atomic E-state index is 0.430. The maximum absolute atomic E-state index is 10.5. The van der Waals surface area contributed by atoms with Gasteiger partial charge in [-0.05, 0) is 25.0 Å². The summed E-state index contributed by atoms with van der Waals surface area (Å²) in [4.78, 5) is 4.13. The molecule has 0 amide bonds. The Bertz CT molecular complexity index is 375. The van der Waals surface area contributed by atoms with Gasteiger partial charge in [0.25, 0.3) is 0 Å². The van der Waals surface area contributed by atoms with Gasteiger partial charge in [-0.3, -0.25) is 4.98 Å². The summed E-state index contributed by atoms with van der Waals surface area (Å²) in [6.07, 6.45) is 4.88. The van der Waals surface area contributed by atoms with Crippen LogP contribution in [0, 0.1) is 0 Å². The number of hydrogen-bond acceptors (Lipinski definition) is 4. The number of pyridine rings is 1. The van der Waals surface area contributed by atoms with Crippen LogP contribution in [0.3, 0.4) is 0 Å². The van der Waals surface area contributed by atoms with Crippen molar-refractivity contribution in [1.82, 2.24) is 4.98 Å². The number of methoxy groups -OCH3 is 1. The van der Waals surface area contributed by atoms with Crippen molar-refractivity contribution in [2.24, 2.45) is 0 Å². The number of nitrogens with zero attached hydrogens (tertiary/aromatic N) is 1. The third-order valence-corrected chi connectivity index (χ3v) is 3.51. The molecule has 0 aliphatic heterocycles. The molecule has 94 valence electrons. The van der Waals surface area contributed by atoms with Gasteiger partial charge in [-0.1, -0.05) is 19.3 Å². The van der Waals surface area contributed by atoms with Crippen LogP contribution >= 0.6 is 0 Å². The van der Waals surface area contributed by atoms with Gasteiger partial charge >= 0.3 is 0 Å². The van der Waals surface area contributed by atoms with E-state index >= 15 is 0 Å². The van der Waals surface area contributed by atoms with E-state index in [2.05, 4.69) is 4.98 Å². The van der Waals surface area contributed by atoms with Crippen LogP contribution in [-0.4, -0.2) is 27.9 Å². The van der Waals surface area contributed by atoms with Crippen molar-refractivity contribution in [3.8, 4) is 5.75 Å². The Kier molecular flexibility index (Phi) is 3.64. The zero-order chi connectivity index (χ0) is 12.3. The molecule has 1 aromatic heterocycles. The average Bonchev–Trinajstić information content (AvgIpc) is 2.38. The molecule has 2 rings (SSSR count). The Morgan fingerprint density at radius 3 is 2.71 bits per heavy atom. The lowest BCUT2D eigenvalue weighted by atomic mass is 9.79. The first kappa shape index (κ1) is 12.3. The average molecular weight is 237 g/mol. The minimum atomic E-state index is -1.06. The van der Waals surface area contributed by atoms with Gasteiger partial charge in [-0.2, -0.15) is 0 Å². The van der Waals surface area contributed by atoms with Crippen molar-refractivity contribution < 1.29 is 14.9 Å². The van der Waals surface area contributed by atoms with Crippen molar-refractivity contribution >= 4 is 0 Å². The Balaban J connectivity index is 2.26. The Hall–Kier alpha value is -1.13. The molecule has 1 unspecified atom stereocenters. The van der Waals surface area contributed by atoms with Crippen molar-refractivity contribution in [3.63, 3.8) is 0 Å². The van der Waals surface area contributed by atoms with Gasteiger partial charge in [0.2, 0.25) is 0 Å². The number of aliphatic hydroxyl groups excluding tert-OH is 1. The predicted octanol–water partition coefficient (Wildman–Crippen LogP) is 1.82. The highest BCUT2D eigenvalue weighted by Crippen LogP contribution is 2.39. The first-order valence-electron chi connectivity index (χ1n) is 6.07. The number of hydrogen-bond donors (Lipinski definition) is 2. The molecule has 1 aliphatic rings. The van der Waals surface area contributed by atoms with E-state index in [1.165, 1.54) is 7.11 Å². The summed E-state index contributed by atoms with van der Waals surface area (Å²) in [5.74, 6) is 0.527. The van der Waals surface area contributed by atoms with E-state index < -0.39 is 11.7 Å². The summed E-state index contributed by atoms with van der Waals surface area (Å²) in [6.45, 7) is 0. The number of rotatable bonds is 3. The van der Waals surface area contributed by atoms with E-state index in [-0.39, 0.29) is 0 Å². The van der Waals surface area contributed by atoms with Gasteiger partial charge in [-0.25, -0.2) is 0 Å². The minimum Gasteiger partial charge on any atom is -0.495 e. The van der Waals surface area contributed by atoms with Crippen LogP contribution in [0.2, 0.25) is 0 Å². The Labute approximate surface area is 101 Å². The van der Waals surface area contributed by atoms with Crippen LogP contribution in [0.1, 0.15) is 43.9 Å². The summed E-state index contributed by atoms with van der Waals surface area (Å²) in [5, 5.41) is 20.8. The molecule has 1 fully saturated rings. The molecular formula is C13H19NO3. The van der Waals surface area contributed by atoms with Crippen molar-refractivity contribution in [1.29, 1.82) is 0 Å². The van der Waals surface area contributed by atoms with Gasteiger partial charge in [0.05, 0.1) is 12.7 Å². The van der Waals surface area contributed by atoms with Gasteiger partial charge in [0.1, 0.15) is 17.5 Å². The molecule has 4 nitrogen and oxygen atoms in total. The Morgan fingerprint density at radius 1 is 1.35 bits per heavy atom. The fourth-order valence-corrected chi connectivity index (χ4v) is 2.47. The van der Waals surface area contributed by atoms with Gasteiger partial charge < -0.3 is 14.9 Å². The molecule has 17 heavy (non-hydrogen) atoms. The molecule has 1 heterocycles. The van der Waals surface area contributed by atoms with E-state index in [4.69, 9.17) is 4.74 Å². The lowest BCUT2D eigenvalue weighted by molar-refractivity contribution is -0.101. The predicted molar refractivity (Wildman–Crippen MR) is 63.8 cm³/mol. The first-order valence-corrected chi connectivity index (χ1v) is 6.07. The molecule has 0 aromatic carbocycles. The maximum atomic E-state index is 10.5. The van der Waals surface area contributed by atoms with E-state index in [0.29, 0.717) is 24.3 Å². The van der Waals surface area contributed by atoms with E-state index in [0.717, 1.165) is 19.3 Å². The largest absolute Gasteiger partial charge is 0.495 e. The highest BCUT2D eigenvalue weighted by molar-refractivity contribution is 5.30. The third-order valence-electron chi connectivity index (χ3n) is 3.51. The standard InChI is InChI=1S/C13H19NO3/c1-17-10-6-5-9-14-11(10)12(15)13(16)7-3-2-4-8-13/h5-6,9,12,15-16H,2-4,7-8H2,1H3. The summed E-state index contributed by atoms with van der Waals surface area (Å²) < 4.78 is 5.17. The molecule has 0 radical (unpaired) electrons. The van der Waals surface area contributed by atoms with Crippen molar-refractivity contribution in [3.05, 3.63) is 24.0 Å². The van der Waals surface area contributed by atoms with Gasteiger partial charge in [-0.15, -0.1) is 0 Å². The van der Waals surface area contributed by atoms with E-state index in [1.807, 2.05) is 0 Å². The summed E-state index contributed by atoms with van der Waals surface area (Å²) in [7, 11) is 1.54. The third kappa shape index (κ3) is 2.42. The topological polar surface area (TPSA) is 62.6 Å². The molecule has 2 N–H and O–H groups in total. The van der Waals surface area contributed by atoms with Crippen LogP contribution in [0.4, 0.5) is 0 Å². The van der Waals surface area contributed by atoms with Crippen LogP contribution in [0.25, 0.3) is 0 Å². The lowest BCUT2D eigenvalue weighted by Crippen LogP contribution is -2.38. The number of aromatic nitrogens is 1. The zero-order valence-electron chi connectivity index (χ0n) is 10.1. The second-order valence-electron chi connectivity index (χ2n) is 4.66. The summed E-state index contributed by atoms with van der Waals surface area (Å²) in [5.41, 5.74) is -0.626. The fraction of sp³-hybridized carbons (Fsp3) is 0.615. The monoisotopic (exact) mass is 237 g/mol. The molecule has 0 spiro atoms. The molecular weight excluding hydrogens is 218 g/mol. The van der Waals surface area contributed by atoms with Crippen molar-refractivity contribution in [2.75, 3.05) is 7.11 Å². The highest BCUT2D eigenvalue weighted by atomic mass is 16.5. The van der Waals surface area contributed by atoms with Crippen molar-refractivity contribution in [2.45, 2.75) is 43.8 Å². The van der Waals surface area contributed by atoms with Crippen LogP contribution in [0.5, 0.6) is 5.75 Å².